The van der Waals surface area contributed by atoms with Crippen molar-refractivity contribution in [3.8, 4) is 0 Å². The van der Waals surface area contributed by atoms with Crippen molar-refractivity contribution in [2.45, 2.75) is 19.4 Å². The number of hydrogen-bond acceptors (Lipinski definition) is 6. The fraction of sp³-hybridized carbons (Fsp3) is 0.818. The zero-order chi connectivity index (χ0) is 12.3. The summed E-state index contributed by atoms with van der Waals surface area (Å²) in [4.78, 5) is 9.05. The Morgan fingerprint density at radius 3 is 2.65 bits per heavy atom. The molecule has 0 saturated carbocycles. The minimum absolute atomic E-state index is 0.181. The molecule has 96 valence electrons. The molecule has 1 unspecified atom stereocenters. The van der Waals surface area contributed by atoms with E-state index in [0.29, 0.717) is 5.89 Å². The maximum atomic E-state index is 5.67. The monoisotopic (exact) mass is 239 g/mol. The Kier molecular flexibility index (Phi) is 4.09. The lowest BCUT2D eigenvalue weighted by molar-refractivity contribution is 0.154. The van der Waals surface area contributed by atoms with Crippen LogP contribution in [0.25, 0.3) is 0 Å². The summed E-state index contributed by atoms with van der Waals surface area (Å²) in [5.74, 6) is 1.29. The molecular formula is C11H21N5O. The van der Waals surface area contributed by atoms with Gasteiger partial charge in [0.25, 0.3) is 0 Å². The van der Waals surface area contributed by atoms with E-state index in [1.165, 1.54) is 0 Å². The van der Waals surface area contributed by atoms with Gasteiger partial charge in [0.15, 0.2) is 5.82 Å². The minimum Gasteiger partial charge on any atom is -0.338 e. The Labute approximate surface area is 102 Å². The number of rotatable bonds is 4. The van der Waals surface area contributed by atoms with Crippen molar-refractivity contribution < 1.29 is 4.52 Å². The van der Waals surface area contributed by atoms with Crippen LogP contribution in [0.2, 0.25) is 0 Å². The van der Waals surface area contributed by atoms with E-state index in [1.54, 1.807) is 0 Å². The molecule has 0 spiro atoms. The predicted molar refractivity (Wildman–Crippen MR) is 64.5 cm³/mol. The summed E-state index contributed by atoms with van der Waals surface area (Å²) in [5, 5.41) is 3.93. The molecule has 0 amide bonds. The molecule has 0 aromatic carbocycles. The van der Waals surface area contributed by atoms with Crippen LogP contribution in [0.5, 0.6) is 0 Å². The van der Waals surface area contributed by atoms with E-state index in [1.807, 2.05) is 6.92 Å². The molecule has 2 N–H and O–H groups in total. The average molecular weight is 239 g/mol. The Morgan fingerprint density at radius 2 is 2.06 bits per heavy atom. The molecule has 1 saturated heterocycles. The third-order valence-electron chi connectivity index (χ3n) is 3.12. The third kappa shape index (κ3) is 3.49. The highest BCUT2D eigenvalue weighted by Gasteiger charge is 2.15. The molecule has 17 heavy (non-hydrogen) atoms. The molecule has 2 heterocycles. The fourth-order valence-corrected chi connectivity index (χ4v) is 1.88. The van der Waals surface area contributed by atoms with E-state index in [2.05, 4.69) is 27.0 Å². The van der Waals surface area contributed by atoms with Crippen LogP contribution in [0.1, 0.15) is 24.7 Å². The molecule has 1 aromatic heterocycles. The quantitative estimate of drug-likeness (QED) is 0.790. The van der Waals surface area contributed by atoms with Crippen molar-refractivity contribution in [2.24, 2.45) is 5.73 Å². The SMILES string of the molecule is CC(N)c1nc(CCN2CCN(C)CC2)no1. The van der Waals surface area contributed by atoms with Gasteiger partial charge in [0.1, 0.15) is 0 Å². The molecule has 0 aliphatic carbocycles. The summed E-state index contributed by atoms with van der Waals surface area (Å²) in [7, 11) is 2.16. The molecular weight excluding hydrogens is 218 g/mol. The first kappa shape index (κ1) is 12.5. The molecule has 1 fully saturated rings. The first-order valence-corrected chi connectivity index (χ1v) is 6.14. The van der Waals surface area contributed by atoms with Crippen molar-refractivity contribution in [3.05, 3.63) is 11.7 Å². The second-order valence-corrected chi connectivity index (χ2v) is 4.73. The highest BCUT2D eigenvalue weighted by Crippen LogP contribution is 2.07. The number of nitrogens with zero attached hydrogens (tertiary/aromatic N) is 4. The molecule has 2 rings (SSSR count). The van der Waals surface area contributed by atoms with Gasteiger partial charge in [-0.3, -0.25) is 0 Å². The van der Waals surface area contributed by atoms with Crippen LogP contribution in [0.4, 0.5) is 0 Å². The van der Waals surface area contributed by atoms with E-state index >= 15 is 0 Å². The maximum Gasteiger partial charge on any atom is 0.243 e. The molecule has 1 atom stereocenters. The molecule has 1 aliphatic rings. The van der Waals surface area contributed by atoms with Gasteiger partial charge in [-0.05, 0) is 14.0 Å². The van der Waals surface area contributed by atoms with E-state index in [-0.39, 0.29) is 6.04 Å². The second kappa shape index (κ2) is 5.57. The highest BCUT2D eigenvalue weighted by molar-refractivity contribution is 4.91. The number of aromatic nitrogens is 2. The Bertz CT molecular complexity index is 343. The van der Waals surface area contributed by atoms with Crippen molar-refractivity contribution in [2.75, 3.05) is 39.8 Å². The maximum absolute atomic E-state index is 5.67. The third-order valence-corrected chi connectivity index (χ3v) is 3.12. The van der Waals surface area contributed by atoms with Crippen LogP contribution < -0.4 is 5.73 Å². The van der Waals surface area contributed by atoms with Crippen LogP contribution >= 0.6 is 0 Å². The number of likely N-dealkylation sites (N-methyl/N-ethyl adjacent to an activating group) is 1. The lowest BCUT2D eigenvalue weighted by Crippen LogP contribution is -2.45. The zero-order valence-corrected chi connectivity index (χ0v) is 10.6. The van der Waals surface area contributed by atoms with Gasteiger partial charge in [-0.2, -0.15) is 4.98 Å². The number of hydrogen-bond donors (Lipinski definition) is 1. The normalized spacial score (nSPS) is 20.6. The van der Waals surface area contributed by atoms with E-state index in [4.69, 9.17) is 10.3 Å². The summed E-state index contributed by atoms with van der Waals surface area (Å²) in [6.07, 6.45) is 0.833. The van der Waals surface area contributed by atoms with Gasteiger partial charge in [-0.25, -0.2) is 0 Å². The van der Waals surface area contributed by atoms with Crippen LogP contribution in [0.3, 0.4) is 0 Å². The Morgan fingerprint density at radius 1 is 1.35 bits per heavy atom. The van der Waals surface area contributed by atoms with Crippen LogP contribution in [-0.4, -0.2) is 59.7 Å². The van der Waals surface area contributed by atoms with E-state index < -0.39 is 0 Å². The smallest absolute Gasteiger partial charge is 0.243 e. The van der Waals surface area contributed by atoms with Gasteiger partial charge >= 0.3 is 0 Å². The molecule has 1 aromatic rings. The molecule has 6 heteroatoms. The summed E-state index contributed by atoms with van der Waals surface area (Å²) >= 11 is 0. The second-order valence-electron chi connectivity index (χ2n) is 4.73. The standard InChI is InChI=1S/C11H21N5O/c1-9(12)11-13-10(14-17-11)3-4-16-7-5-15(2)6-8-16/h9H,3-8,12H2,1-2H3. The van der Waals surface area contributed by atoms with Gasteiger partial charge in [-0.1, -0.05) is 5.16 Å². The van der Waals surface area contributed by atoms with E-state index in [9.17, 15) is 0 Å². The van der Waals surface area contributed by atoms with Gasteiger partial charge in [0.2, 0.25) is 5.89 Å². The highest BCUT2D eigenvalue weighted by atomic mass is 16.5. The fourth-order valence-electron chi connectivity index (χ4n) is 1.88. The summed E-state index contributed by atoms with van der Waals surface area (Å²) in [6, 6.07) is -0.181. The molecule has 0 bridgehead atoms. The zero-order valence-electron chi connectivity index (χ0n) is 10.6. The van der Waals surface area contributed by atoms with Crippen LogP contribution in [0.15, 0.2) is 4.52 Å². The first-order chi connectivity index (χ1) is 8.15. The van der Waals surface area contributed by atoms with Crippen molar-refractivity contribution in [1.82, 2.24) is 19.9 Å². The molecule has 6 nitrogen and oxygen atoms in total. The molecule has 1 aliphatic heterocycles. The van der Waals surface area contributed by atoms with Crippen LogP contribution in [-0.2, 0) is 6.42 Å². The van der Waals surface area contributed by atoms with Gasteiger partial charge in [-0.15, -0.1) is 0 Å². The van der Waals surface area contributed by atoms with Gasteiger partial charge < -0.3 is 20.1 Å². The lowest BCUT2D eigenvalue weighted by atomic mass is 10.3. The van der Waals surface area contributed by atoms with Crippen LogP contribution in [0, 0.1) is 0 Å². The van der Waals surface area contributed by atoms with Crippen molar-refractivity contribution in [3.63, 3.8) is 0 Å². The average Bonchev–Trinajstić information content (AvgIpc) is 2.77. The first-order valence-electron chi connectivity index (χ1n) is 6.14. The van der Waals surface area contributed by atoms with Crippen molar-refractivity contribution >= 4 is 0 Å². The number of nitrogens with two attached hydrogens (primary N) is 1. The number of piperazine rings is 1. The lowest BCUT2D eigenvalue weighted by Gasteiger charge is -2.31. The predicted octanol–water partition coefficient (Wildman–Crippen LogP) is -0.121. The van der Waals surface area contributed by atoms with Gasteiger partial charge in [0.05, 0.1) is 6.04 Å². The van der Waals surface area contributed by atoms with E-state index in [0.717, 1.165) is 45.0 Å². The minimum atomic E-state index is -0.181. The molecule has 0 radical (unpaired) electrons. The van der Waals surface area contributed by atoms with Gasteiger partial charge in [0, 0.05) is 39.1 Å². The van der Waals surface area contributed by atoms with Crippen molar-refractivity contribution in [1.29, 1.82) is 0 Å². The summed E-state index contributed by atoms with van der Waals surface area (Å²) in [5.41, 5.74) is 5.67. The Hall–Kier alpha value is -0.980. The summed E-state index contributed by atoms with van der Waals surface area (Å²) in [6.45, 7) is 7.35. The largest absolute Gasteiger partial charge is 0.338 e. The summed E-state index contributed by atoms with van der Waals surface area (Å²) < 4.78 is 5.07. The Balaban J connectivity index is 1.77. The topological polar surface area (TPSA) is 71.4 Å².